The highest BCUT2D eigenvalue weighted by Gasteiger charge is 2.24. The molecule has 23 heavy (non-hydrogen) atoms. The van der Waals surface area contributed by atoms with Gasteiger partial charge in [0.05, 0.1) is 12.8 Å². The van der Waals surface area contributed by atoms with E-state index in [0.717, 1.165) is 31.6 Å². The van der Waals surface area contributed by atoms with Gasteiger partial charge in [-0.2, -0.15) is 0 Å². The van der Waals surface area contributed by atoms with Crippen molar-refractivity contribution < 1.29 is 14.3 Å². The summed E-state index contributed by atoms with van der Waals surface area (Å²) in [5, 5.41) is 2.95. The molecule has 0 aromatic heterocycles. The molecular weight excluding hydrogens is 294 g/mol. The molecule has 3 N–H and O–H groups in total. The Morgan fingerprint density at radius 3 is 2.52 bits per heavy atom. The second-order valence-corrected chi connectivity index (χ2v) is 6.83. The van der Waals surface area contributed by atoms with Crippen LogP contribution in [0.25, 0.3) is 0 Å². The minimum absolute atomic E-state index is 0.150. The quantitative estimate of drug-likeness (QED) is 0.837. The van der Waals surface area contributed by atoms with E-state index in [0.29, 0.717) is 11.4 Å². The van der Waals surface area contributed by atoms with Gasteiger partial charge in [0.15, 0.2) is 0 Å². The van der Waals surface area contributed by atoms with Gasteiger partial charge in [-0.05, 0) is 45.7 Å². The number of nitrogens with two attached hydrogens (primary N) is 1. The minimum Gasteiger partial charge on any atom is -0.495 e. The first-order valence-corrected chi connectivity index (χ1v) is 7.96. The van der Waals surface area contributed by atoms with Crippen molar-refractivity contribution in [3.8, 4) is 5.75 Å². The summed E-state index contributed by atoms with van der Waals surface area (Å²) in [7, 11) is 1.62. The average molecular weight is 321 g/mol. The number of nitrogens with zero attached hydrogens (tertiary/aromatic N) is 1. The van der Waals surface area contributed by atoms with Crippen LogP contribution in [0.5, 0.6) is 5.75 Å². The number of nitrogen functional groups attached to an aromatic ring is 1. The zero-order valence-corrected chi connectivity index (χ0v) is 14.4. The molecule has 128 valence electrons. The number of hydrogen-bond donors (Lipinski definition) is 2. The standard InChI is InChI=1S/C17H27N3O3/c1-17(2,3)23-16(21)19-12-7-9-20(10-8-12)13-5-6-14(18)15(11-13)22-4/h5-6,11-12H,7-10,18H2,1-4H3,(H,19,21). The molecule has 0 radical (unpaired) electrons. The first kappa shape index (κ1) is 17.2. The fourth-order valence-electron chi connectivity index (χ4n) is 2.65. The lowest BCUT2D eigenvalue weighted by atomic mass is 10.0. The van der Waals surface area contributed by atoms with Crippen molar-refractivity contribution in [2.24, 2.45) is 0 Å². The number of amides is 1. The summed E-state index contributed by atoms with van der Waals surface area (Å²) < 4.78 is 10.6. The number of piperidine rings is 1. The van der Waals surface area contributed by atoms with Crippen molar-refractivity contribution in [2.75, 3.05) is 30.8 Å². The molecule has 0 atom stereocenters. The van der Waals surface area contributed by atoms with Gasteiger partial charge >= 0.3 is 6.09 Å². The van der Waals surface area contributed by atoms with E-state index in [4.69, 9.17) is 15.2 Å². The van der Waals surface area contributed by atoms with Gasteiger partial charge in [-0.3, -0.25) is 0 Å². The number of rotatable bonds is 3. The molecule has 6 heteroatoms. The summed E-state index contributed by atoms with van der Waals surface area (Å²) in [6, 6.07) is 5.96. The molecule has 1 heterocycles. The van der Waals surface area contributed by atoms with Crippen LogP contribution in [-0.4, -0.2) is 37.9 Å². The Labute approximate surface area is 137 Å². The average Bonchev–Trinajstić information content (AvgIpc) is 2.46. The molecule has 0 saturated carbocycles. The summed E-state index contributed by atoms with van der Waals surface area (Å²) in [6.07, 6.45) is 1.42. The molecular formula is C17H27N3O3. The van der Waals surface area contributed by atoms with Crippen molar-refractivity contribution in [2.45, 2.75) is 45.3 Å². The van der Waals surface area contributed by atoms with Crippen LogP contribution < -0.4 is 20.7 Å². The van der Waals surface area contributed by atoms with Crippen LogP contribution in [-0.2, 0) is 4.74 Å². The van der Waals surface area contributed by atoms with Crippen molar-refractivity contribution in [3.05, 3.63) is 18.2 Å². The van der Waals surface area contributed by atoms with Gasteiger partial charge in [-0.25, -0.2) is 4.79 Å². The van der Waals surface area contributed by atoms with Crippen LogP contribution in [0, 0.1) is 0 Å². The Bertz CT molecular complexity index is 547. The van der Waals surface area contributed by atoms with Gasteiger partial charge in [0.25, 0.3) is 0 Å². The molecule has 0 unspecified atom stereocenters. The summed E-state index contributed by atoms with van der Waals surface area (Å²) in [6.45, 7) is 7.33. The highest BCUT2D eigenvalue weighted by Crippen LogP contribution is 2.29. The van der Waals surface area contributed by atoms with Gasteiger partial charge in [0.1, 0.15) is 11.4 Å². The van der Waals surface area contributed by atoms with E-state index in [2.05, 4.69) is 10.2 Å². The zero-order valence-electron chi connectivity index (χ0n) is 14.4. The van der Waals surface area contributed by atoms with Crippen molar-refractivity contribution >= 4 is 17.5 Å². The number of hydrogen-bond acceptors (Lipinski definition) is 5. The number of benzene rings is 1. The Balaban J connectivity index is 1.87. The Hall–Kier alpha value is -2.11. The molecule has 0 aliphatic carbocycles. The fourth-order valence-corrected chi connectivity index (χ4v) is 2.65. The Morgan fingerprint density at radius 1 is 1.30 bits per heavy atom. The summed E-state index contributed by atoms with van der Waals surface area (Å²) in [4.78, 5) is 14.1. The normalized spacial score (nSPS) is 16.1. The van der Waals surface area contributed by atoms with Gasteiger partial charge in [0, 0.05) is 30.9 Å². The van der Waals surface area contributed by atoms with Gasteiger partial charge in [0.2, 0.25) is 0 Å². The number of methoxy groups -OCH3 is 1. The van der Waals surface area contributed by atoms with E-state index < -0.39 is 5.60 Å². The molecule has 2 rings (SSSR count). The first-order chi connectivity index (χ1) is 10.8. The minimum atomic E-state index is -0.467. The number of anilines is 2. The van der Waals surface area contributed by atoms with Crippen LogP contribution in [0.4, 0.5) is 16.2 Å². The predicted molar refractivity (Wildman–Crippen MR) is 92.0 cm³/mol. The third kappa shape index (κ3) is 4.94. The molecule has 1 fully saturated rings. The highest BCUT2D eigenvalue weighted by molar-refractivity contribution is 5.68. The molecule has 1 aliphatic rings. The SMILES string of the molecule is COc1cc(N2CCC(NC(=O)OC(C)(C)C)CC2)ccc1N. The van der Waals surface area contributed by atoms with Crippen LogP contribution >= 0.6 is 0 Å². The van der Waals surface area contributed by atoms with Crippen molar-refractivity contribution in [1.82, 2.24) is 5.32 Å². The number of carbonyl (C=O) groups is 1. The molecule has 1 saturated heterocycles. The van der Waals surface area contributed by atoms with Crippen LogP contribution in [0.2, 0.25) is 0 Å². The highest BCUT2D eigenvalue weighted by atomic mass is 16.6. The molecule has 6 nitrogen and oxygen atoms in total. The maximum absolute atomic E-state index is 11.8. The molecule has 1 aromatic carbocycles. The zero-order chi connectivity index (χ0) is 17.0. The smallest absolute Gasteiger partial charge is 0.407 e. The maximum Gasteiger partial charge on any atom is 0.407 e. The van der Waals surface area contributed by atoms with Crippen LogP contribution in [0.1, 0.15) is 33.6 Å². The Kier molecular flexibility index (Phi) is 5.23. The maximum atomic E-state index is 11.8. The molecule has 1 aliphatic heterocycles. The van der Waals surface area contributed by atoms with E-state index in [1.54, 1.807) is 7.11 Å². The number of ether oxygens (including phenoxy) is 2. The molecule has 1 aromatic rings. The first-order valence-electron chi connectivity index (χ1n) is 7.96. The summed E-state index contributed by atoms with van der Waals surface area (Å²) in [5.74, 6) is 0.691. The topological polar surface area (TPSA) is 76.8 Å². The second kappa shape index (κ2) is 6.98. The van der Waals surface area contributed by atoms with E-state index in [1.807, 2.05) is 39.0 Å². The van der Waals surface area contributed by atoms with Gasteiger partial charge in [-0.1, -0.05) is 0 Å². The largest absolute Gasteiger partial charge is 0.495 e. The van der Waals surface area contributed by atoms with Crippen LogP contribution in [0.15, 0.2) is 18.2 Å². The van der Waals surface area contributed by atoms with Gasteiger partial charge in [-0.15, -0.1) is 0 Å². The Morgan fingerprint density at radius 2 is 1.96 bits per heavy atom. The molecule has 1 amide bonds. The van der Waals surface area contributed by atoms with Crippen molar-refractivity contribution in [1.29, 1.82) is 0 Å². The lowest BCUT2D eigenvalue weighted by Crippen LogP contribution is -2.46. The fraction of sp³-hybridized carbons (Fsp3) is 0.588. The summed E-state index contributed by atoms with van der Waals surface area (Å²) >= 11 is 0. The molecule has 0 spiro atoms. The van der Waals surface area contributed by atoms with Crippen LogP contribution in [0.3, 0.4) is 0 Å². The summed E-state index contributed by atoms with van der Waals surface area (Å²) in [5.41, 5.74) is 7.11. The second-order valence-electron chi connectivity index (χ2n) is 6.83. The lowest BCUT2D eigenvalue weighted by molar-refractivity contribution is 0.0497. The van der Waals surface area contributed by atoms with E-state index >= 15 is 0 Å². The lowest BCUT2D eigenvalue weighted by Gasteiger charge is -2.34. The van der Waals surface area contributed by atoms with E-state index in [1.165, 1.54) is 0 Å². The predicted octanol–water partition coefficient (Wildman–Crippen LogP) is 2.77. The van der Waals surface area contributed by atoms with Crippen molar-refractivity contribution in [3.63, 3.8) is 0 Å². The monoisotopic (exact) mass is 321 g/mol. The number of alkyl carbamates (subject to hydrolysis) is 1. The third-order valence-electron chi connectivity index (χ3n) is 3.80. The number of carbonyl (C=O) groups excluding carboxylic acids is 1. The van der Waals surface area contributed by atoms with E-state index in [-0.39, 0.29) is 12.1 Å². The molecule has 0 bridgehead atoms. The van der Waals surface area contributed by atoms with E-state index in [9.17, 15) is 4.79 Å². The van der Waals surface area contributed by atoms with Gasteiger partial charge < -0.3 is 25.4 Å². The third-order valence-corrected chi connectivity index (χ3v) is 3.80. The number of nitrogens with one attached hydrogen (secondary N) is 1.